The first kappa shape index (κ1) is 16.1. The van der Waals surface area contributed by atoms with Crippen LogP contribution in [-0.4, -0.2) is 38.1 Å². The van der Waals surface area contributed by atoms with Crippen molar-refractivity contribution in [1.29, 1.82) is 0 Å². The summed E-state index contributed by atoms with van der Waals surface area (Å²) in [7, 11) is 3.74. The smallest absolute Gasteiger partial charge is 0.373 e. The molecule has 21 heavy (non-hydrogen) atoms. The van der Waals surface area contributed by atoms with Gasteiger partial charge in [0.2, 0.25) is 0 Å². The molecule has 0 aliphatic carbocycles. The van der Waals surface area contributed by atoms with Gasteiger partial charge in [-0.1, -0.05) is 6.07 Å². The van der Waals surface area contributed by atoms with E-state index < -0.39 is 11.7 Å². The molecule has 0 amide bonds. The van der Waals surface area contributed by atoms with Gasteiger partial charge in [-0.05, 0) is 44.1 Å². The highest BCUT2D eigenvalue weighted by atomic mass is 19.4. The van der Waals surface area contributed by atoms with Crippen molar-refractivity contribution in [3.8, 4) is 0 Å². The van der Waals surface area contributed by atoms with Gasteiger partial charge >= 0.3 is 6.18 Å². The van der Waals surface area contributed by atoms with Crippen molar-refractivity contribution < 1.29 is 13.2 Å². The van der Waals surface area contributed by atoms with Crippen LogP contribution in [0, 0.1) is 0 Å². The summed E-state index contributed by atoms with van der Waals surface area (Å²) in [5.74, 6) is 0. The van der Waals surface area contributed by atoms with Crippen molar-refractivity contribution in [2.75, 3.05) is 32.1 Å². The Labute approximate surface area is 123 Å². The second kappa shape index (κ2) is 6.23. The summed E-state index contributed by atoms with van der Waals surface area (Å²) in [5.41, 5.74) is 5.57. The van der Waals surface area contributed by atoms with E-state index in [0.29, 0.717) is 18.2 Å². The average molecular weight is 301 g/mol. The summed E-state index contributed by atoms with van der Waals surface area (Å²) in [4.78, 5) is 3.91. The molecule has 1 aliphatic rings. The zero-order chi connectivity index (χ0) is 15.6. The minimum absolute atomic E-state index is 0.110. The Balaban J connectivity index is 2.25. The van der Waals surface area contributed by atoms with Crippen LogP contribution in [-0.2, 0) is 12.7 Å². The van der Waals surface area contributed by atoms with Gasteiger partial charge in [0.05, 0.1) is 5.56 Å². The lowest BCUT2D eigenvalue weighted by Gasteiger charge is -2.29. The van der Waals surface area contributed by atoms with E-state index in [4.69, 9.17) is 5.73 Å². The highest BCUT2D eigenvalue weighted by Crippen LogP contribution is 2.37. The lowest BCUT2D eigenvalue weighted by molar-refractivity contribution is -0.137. The van der Waals surface area contributed by atoms with E-state index in [1.807, 2.05) is 7.05 Å². The number of nitrogens with two attached hydrogens (primary N) is 1. The molecule has 6 heteroatoms. The second-order valence-electron chi connectivity index (χ2n) is 5.71. The van der Waals surface area contributed by atoms with Gasteiger partial charge in [-0.15, -0.1) is 0 Å². The first-order chi connectivity index (χ1) is 9.82. The number of likely N-dealkylation sites (N-methyl/N-ethyl adjacent to an activating group) is 2. The molecule has 1 fully saturated rings. The maximum Gasteiger partial charge on any atom is 0.418 e. The largest absolute Gasteiger partial charge is 0.418 e. The molecule has 1 aliphatic heterocycles. The van der Waals surface area contributed by atoms with Crippen molar-refractivity contribution in [3.63, 3.8) is 0 Å². The number of anilines is 1. The predicted molar refractivity (Wildman–Crippen MR) is 78.3 cm³/mol. The van der Waals surface area contributed by atoms with Crippen molar-refractivity contribution in [2.24, 2.45) is 5.73 Å². The molecule has 0 aromatic heterocycles. The van der Waals surface area contributed by atoms with Gasteiger partial charge in [-0.3, -0.25) is 0 Å². The SMILES string of the molecule is CN(CC1CCCN1C)c1ccc(CN)cc1C(F)(F)F. The Hall–Kier alpha value is -1.27. The second-order valence-corrected chi connectivity index (χ2v) is 5.71. The van der Waals surface area contributed by atoms with Gasteiger partial charge in [-0.25, -0.2) is 0 Å². The zero-order valence-corrected chi connectivity index (χ0v) is 12.5. The van der Waals surface area contributed by atoms with Gasteiger partial charge in [0.15, 0.2) is 0 Å². The molecule has 2 rings (SSSR count). The predicted octanol–water partition coefficient (Wildman–Crippen LogP) is 2.69. The summed E-state index contributed by atoms with van der Waals surface area (Å²) in [5, 5.41) is 0. The van der Waals surface area contributed by atoms with Crippen LogP contribution in [0.1, 0.15) is 24.0 Å². The number of hydrogen-bond donors (Lipinski definition) is 1. The van der Waals surface area contributed by atoms with E-state index in [-0.39, 0.29) is 12.2 Å². The number of likely N-dealkylation sites (tertiary alicyclic amines) is 1. The van der Waals surface area contributed by atoms with Crippen LogP contribution in [0.5, 0.6) is 0 Å². The average Bonchev–Trinajstić information content (AvgIpc) is 2.82. The number of nitrogens with zero attached hydrogens (tertiary/aromatic N) is 2. The molecule has 1 aromatic rings. The third kappa shape index (κ3) is 3.68. The van der Waals surface area contributed by atoms with Crippen LogP contribution in [0.2, 0.25) is 0 Å². The molecule has 1 atom stereocenters. The maximum absolute atomic E-state index is 13.2. The number of hydrogen-bond acceptors (Lipinski definition) is 3. The number of halogens is 3. The van der Waals surface area contributed by atoms with Crippen molar-refractivity contribution in [1.82, 2.24) is 4.90 Å². The van der Waals surface area contributed by atoms with E-state index >= 15 is 0 Å². The van der Waals surface area contributed by atoms with Crippen molar-refractivity contribution >= 4 is 5.69 Å². The fourth-order valence-corrected chi connectivity index (χ4v) is 2.89. The van der Waals surface area contributed by atoms with Crippen molar-refractivity contribution in [2.45, 2.75) is 31.6 Å². The molecule has 1 unspecified atom stereocenters. The molecule has 0 bridgehead atoms. The van der Waals surface area contributed by atoms with Crippen molar-refractivity contribution in [3.05, 3.63) is 29.3 Å². The molecule has 3 nitrogen and oxygen atoms in total. The summed E-state index contributed by atoms with van der Waals surface area (Å²) in [6.45, 7) is 1.72. The lowest BCUT2D eigenvalue weighted by Crippen LogP contribution is -2.37. The summed E-state index contributed by atoms with van der Waals surface area (Å²) in [6.07, 6.45) is -2.23. The van der Waals surface area contributed by atoms with E-state index in [9.17, 15) is 13.2 Å². The molecule has 1 heterocycles. The minimum atomic E-state index is -4.36. The normalized spacial score (nSPS) is 20.0. The Morgan fingerprint density at radius 2 is 2.10 bits per heavy atom. The third-order valence-electron chi connectivity index (χ3n) is 4.17. The Morgan fingerprint density at radius 1 is 1.38 bits per heavy atom. The molecule has 0 radical (unpaired) electrons. The van der Waals surface area contributed by atoms with Gasteiger partial charge in [0.25, 0.3) is 0 Å². The highest BCUT2D eigenvalue weighted by molar-refractivity contribution is 5.56. The molecule has 2 N–H and O–H groups in total. The molecule has 0 spiro atoms. The van der Waals surface area contributed by atoms with Crippen LogP contribution in [0.4, 0.5) is 18.9 Å². The van der Waals surface area contributed by atoms with E-state index in [0.717, 1.165) is 25.5 Å². The Bertz CT molecular complexity index is 488. The van der Waals surface area contributed by atoms with E-state index in [2.05, 4.69) is 4.90 Å². The fraction of sp³-hybridized carbons (Fsp3) is 0.600. The van der Waals surface area contributed by atoms with Gasteiger partial charge in [-0.2, -0.15) is 13.2 Å². The summed E-state index contributed by atoms with van der Waals surface area (Å²) < 4.78 is 39.7. The highest BCUT2D eigenvalue weighted by Gasteiger charge is 2.35. The quantitative estimate of drug-likeness (QED) is 0.928. The Morgan fingerprint density at radius 3 is 2.62 bits per heavy atom. The standard InChI is InChI=1S/C15H22F3N3/c1-20-7-3-4-12(20)10-21(2)14-6-5-11(9-19)8-13(14)15(16,17)18/h5-6,8,12H,3-4,7,9-10,19H2,1-2H3. The first-order valence-corrected chi connectivity index (χ1v) is 7.14. The molecule has 0 saturated carbocycles. The molecule has 1 saturated heterocycles. The Kier molecular flexibility index (Phi) is 4.78. The topological polar surface area (TPSA) is 32.5 Å². The first-order valence-electron chi connectivity index (χ1n) is 7.14. The van der Waals surface area contributed by atoms with E-state index in [1.165, 1.54) is 6.07 Å². The third-order valence-corrected chi connectivity index (χ3v) is 4.17. The van der Waals surface area contributed by atoms with Gasteiger partial charge in [0.1, 0.15) is 0 Å². The monoisotopic (exact) mass is 301 g/mol. The summed E-state index contributed by atoms with van der Waals surface area (Å²) >= 11 is 0. The number of alkyl halides is 3. The molecular weight excluding hydrogens is 279 g/mol. The van der Waals surface area contributed by atoms with Gasteiger partial charge < -0.3 is 15.5 Å². The fourth-order valence-electron chi connectivity index (χ4n) is 2.89. The summed E-state index contributed by atoms with van der Waals surface area (Å²) in [6, 6.07) is 4.66. The van der Waals surface area contributed by atoms with Crippen LogP contribution in [0.15, 0.2) is 18.2 Å². The molecule has 1 aromatic carbocycles. The number of benzene rings is 1. The maximum atomic E-state index is 13.2. The van der Waals surface area contributed by atoms with E-state index in [1.54, 1.807) is 18.0 Å². The van der Waals surface area contributed by atoms with Crippen LogP contribution in [0.25, 0.3) is 0 Å². The molecular formula is C15H22F3N3. The minimum Gasteiger partial charge on any atom is -0.373 e. The van der Waals surface area contributed by atoms with Crippen LogP contribution < -0.4 is 10.6 Å². The zero-order valence-electron chi connectivity index (χ0n) is 12.5. The van der Waals surface area contributed by atoms with Crippen LogP contribution >= 0.6 is 0 Å². The van der Waals surface area contributed by atoms with Crippen LogP contribution in [0.3, 0.4) is 0 Å². The van der Waals surface area contributed by atoms with Gasteiger partial charge in [0, 0.05) is 31.9 Å². The lowest BCUT2D eigenvalue weighted by atomic mass is 10.1. The molecule has 118 valence electrons. The number of rotatable bonds is 4.